The number of nitrogens with one attached hydrogen (secondary N) is 1. The maximum Gasteiger partial charge on any atom is 0.230 e. The van der Waals surface area contributed by atoms with Crippen molar-refractivity contribution >= 4 is 17.7 Å². The van der Waals surface area contributed by atoms with Crippen LogP contribution in [-0.2, 0) is 4.79 Å². The summed E-state index contributed by atoms with van der Waals surface area (Å²) in [5.41, 5.74) is 0. The zero-order valence-corrected chi connectivity index (χ0v) is 13.7. The maximum atomic E-state index is 12.1. The summed E-state index contributed by atoms with van der Waals surface area (Å²) in [5, 5.41) is 11.6. The van der Waals surface area contributed by atoms with Gasteiger partial charge >= 0.3 is 0 Å². The van der Waals surface area contributed by atoms with Crippen molar-refractivity contribution in [2.45, 2.75) is 49.7 Å². The molecule has 2 aromatic heterocycles. The smallest absolute Gasteiger partial charge is 0.230 e. The Hall–Kier alpha value is -1.96. The van der Waals surface area contributed by atoms with Gasteiger partial charge in [0.15, 0.2) is 5.76 Å². The van der Waals surface area contributed by atoms with Crippen LogP contribution in [0, 0.1) is 0 Å². The van der Waals surface area contributed by atoms with E-state index in [-0.39, 0.29) is 11.7 Å². The minimum atomic E-state index is 0.0180. The number of furan rings is 1. The first-order chi connectivity index (χ1) is 11.2. The molecule has 0 unspecified atom stereocenters. The van der Waals surface area contributed by atoms with E-state index in [1.54, 1.807) is 18.4 Å². The van der Waals surface area contributed by atoms with E-state index in [0.29, 0.717) is 22.8 Å². The summed E-state index contributed by atoms with van der Waals surface area (Å²) in [7, 11) is 0. The lowest BCUT2D eigenvalue weighted by molar-refractivity contribution is -0.119. The van der Waals surface area contributed by atoms with Gasteiger partial charge < -0.3 is 15.6 Å². The molecule has 0 saturated heterocycles. The highest BCUT2D eigenvalue weighted by molar-refractivity contribution is 7.99. The van der Waals surface area contributed by atoms with E-state index in [0.717, 1.165) is 12.8 Å². The lowest BCUT2D eigenvalue weighted by atomic mass is 10.1. The predicted molar refractivity (Wildman–Crippen MR) is 88.2 cm³/mol. The van der Waals surface area contributed by atoms with Crippen LogP contribution in [0.2, 0.25) is 0 Å². The molecule has 0 radical (unpaired) electrons. The van der Waals surface area contributed by atoms with Crippen LogP contribution >= 0.6 is 11.8 Å². The SMILES string of the molecule is Nn1c(SCC(=O)NC2CCCCCC2)nnc1-c1ccco1. The van der Waals surface area contributed by atoms with Gasteiger partial charge in [0.1, 0.15) is 0 Å². The second-order valence-electron chi connectivity index (χ2n) is 5.70. The number of hydrogen-bond donors (Lipinski definition) is 2. The Kier molecular flexibility index (Phi) is 5.22. The number of rotatable bonds is 5. The molecule has 1 saturated carbocycles. The topological polar surface area (TPSA) is 99.0 Å². The first kappa shape index (κ1) is 15.9. The predicted octanol–water partition coefficient (Wildman–Crippen LogP) is 2.18. The summed E-state index contributed by atoms with van der Waals surface area (Å²) in [5.74, 6) is 7.26. The molecule has 1 amide bonds. The highest BCUT2D eigenvalue weighted by Gasteiger charge is 2.17. The van der Waals surface area contributed by atoms with Crippen molar-refractivity contribution in [2.24, 2.45) is 0 Å². The van der Waals surface area contributed by atoms with Crippen molar-refractivity contribution in [3.8, 4) is 11.6 Å². The molecule has 1 aliphatic carbocycles. The van der Waals surface area contributed by atoms with Gasteiger partial charge in [-0.25, -0.2) is 4.68 Å². The molecule has 1 aliphatic rings. The third-order valence-electron chi connectivity index (χ3n) is 3.96. The fraction of sp³-hybridized carbons (Fsp3) is 0.533. The van der Waals surface area contributed by atoms with Gasteiger partial charge in [0.2, 0.25) is 16.9 Å². The Labute approximate surface area is 139 Å². The summed E-state index contributed by atoms with van der Waals surface area (Å²) in [6, 6.07) is 3.83. The van der Waals surface area contributed by atoms with Crippen molar-refractivity contribution in [1.82, 2.24) is 20.2 Å². The molecular formula is C15H21N5O2S. The summed E-state index contributed by atoms with van der Waals surface area (Å²) < 4.78 is 6.61. The number of nitrogens with zero attached hydrogens (tertiary/aromatic N) is 3. The molecule has 0 atom stereocenters. The molecule has 3 rings (SSSR count). The number of amides is 1. The Morgan fingerprint density at radius 1 is 1.35 bits per heavy atom. The van der Waals surface area contributed by atoms with E-state index >= 15 is 0 Å². The molecule has 23 heavy (non-hydrogen) atoms. The van der Waals surface area contributed by atoms with Crippen LogP contribution in [0.25, 0.3) is 11.6 Å². The van der Waals surface area contributed by atoms with Crippen LogP contribution in [0.4, 0.5) is 0 Å². The van der Waals surface area contributed by atoms with E-state index in [9.17, 15) is 4.79 Å². The average Bonchev–Trinajstić information content (AvgIpc) is 3.11. The number of aromatic nitrogens is 3. The highest BCUT2D eigenvalue weighted by atomic mass is 32.2. The average molecular weight is 335 g/mol. The van der Waals surface area contributed by atoms with E-state index in [1.165, 1.54) is 42.1 Å². The first-order valence-corrected chi connectivity index (χ1v) is 8.89. The lowest BCUT2D eigenvalue weighted by Gasteiger charge is -2.15. The first-order valence-electron chi connectivity index (χ1n) is 7.90. The number of carbonyl (C=O) groups is 1. The molecule has 7 nitrogen and oxygen atoms in total. The van der Waals surface area contributed by atoms with Crippen LogP contribution in [0.1, 0.15) is 38.5 Å². The Morgan fingerprint density at radius 3 is 2.83 bits per heavy atom. The van der Waals surface area contributed by atoms with Gasteiger partial charge in [-0.1, -0.05) is 37.4 Å². The standard InChI is InChI=1S/C15H21N5O2S/c16-20-14(12-8-5-9-22-12)18-19-15(20)23-10-13(21)17-11-6-3-1-2-4-7-11/h5,8-9,11H,1-4,6-7,10,16H2,(H,17,21). The maximum absolute atomic E-state index is 12.1. The van der Waals surface area contributed by atoms with Crippen molar-refractivity contribution in [1.29, 1.82) is 0 Å². The fourth-order valence-corrected chi connectivity index (χ4v) is 3.44. The minimum absolute atomic E-state index is 0.0180. The Balaban J connectivity index is 1.53. The summed E-state index contributed by atoms with van der Waals surface area (Å²) >= 11 is 1.28. The van der Waals surface area contributed by atoms with Gasteiger partial charge in [-0.05, 0) is 25.0 Å². The zero-order chi connectivity index (χ0) is 16.1. The van der Waals surface area contributed by atoms with Crippen molar-refractivity contribution < 1.29 is 9.21 Å². The van der Waals surface area contributed by atoms with E-state index in [1.807, 2.05) is 0 Å². The molecule has 1 fully saturated rings. The number of nitrogens with two attached hydrogens (primary N) is 1. The number of carbonyl (C=O) groups excluding carboxylic acids is 1. The highest BCUT2D eigenvalue weighted by Crippen LogP contribution is 2.22. The fourth-order valence-electron chi connectivity index (χ4n) is 2.77. The van der Waals surface area contributed by atoms with Crippen molar-refractivity contribution in [2.75, 3.05) is 11.6 Å². The summed E-state index contributed by atoms with van der Waals surface area (Å²) in [4.78, 5) is 12.1. The molecule has 8 heteroatoms. The number of hydrogen-bond acceptors (Lipinski definition) is 6. The van der Waals surface area contributed by atoms with E-state index < -0.39 is 0 Å². The monoisotopic (exact) mass is 335 g/mol. The zero-order valence-electron chi connectivity index (χ0n) is 12.9. The van der Waals surface area contributed by atoms with Crippen LogP contribution in [-0.4, -0.2) is 32.6 Å². The molecule has 3 N–H and O–H groups in total. The normalized spacial score (nSPS) is 16.2. The van der Waals surface area contributed by atoms with Gasteiger partial charge in [0.25, 0.3) is 0 Å². The van der Waals surface area contributed by atoms with Gasteiger partial charge in [0, 0.05) is 6.04 Å². The second-order valence-corrected chi connectivity index (χ2v) is 6.64. The van der Waals surface area contributed by atoms with Crippen molar-refractivity contribution in [3.05, 3.63) is 18.4 Å². The van der Waals surface area contributed by atoms with Gasteiger partial charge in [0.05, 0.1) is 12.0 Å². The third kappa shape index (κ3) is 4.07. The second kappa shape index (κ2) is 7.54. The molecule has 124 valence electrons. The molecule has 2 heterocycles. The van der Waals surface area contributed by atoms with Crippen molar-refractivity contribution in [3.63, 3.8) is 0 Å². The number of nitrogen functional groups attached to an aromatic ring is 1. The lowest BCUT2D eigenvalue weighted by Crippen LogP contribution is -2.35. The summed E-state index contributed by atoms with van der Waals surface area (Å²) in [6.45, 7) is 0. The Morgan fingerprint density at radius 2 is 2.13 bits per heavy atom. The van der Waals surface area contributed by atoms with Crippen LogP contribution < -0.4 is 11.2 Å². The minimum Gasteiger partial charge on any atom is -0.461 e. The Bertz CT molecular complexity index is 632. The van der Waals surface area contributed by atoms with Crippen LogP contribution in [0.3, 0.4) is 0 Å². The quantitative estimate of drug-likeness (QED) is 0.494. The summed E-state index contributed by atoms with van der Waals surface area (Å²) in [6.07, 6.45) is 8.64. The largest absolute Gasteiger partial charge is 0.461 e. The molecule has 0 spiro atoms. The van der Waals surface area contributed by atoms with Gasteiger partial charge in [-0.3, -0.25) is 4.79 Å². The molecular weight excluding hydrogens is 314 g/mol. The molecule has 2 aromatic rings. The molecule has 0 aromatic carbocycles. The number of thioether (sulfide) groups is 1. The van der Waals surface area contributed by atoms with Crippen LogP contribution in [0.15, 0.2) is 28.0 Å². The van der Waals surface area contributed by atoms with E-state index in [4.69, 9.17) is 10.3 Å². The molecule has 0 aliphatic heterocycles. The van der Waals surface area contributed by atoms with Gasteiger partial charge in [-0.15, -0.1) is 10.2 Å². The van der Waals surface area contributed by atoms with Crippen LogP contribution in [0.5, 0.6) is 0 Å². The van der Waals surface area contributed by atoms with Gasteiger partial charge in [-0.2, -0.15) is 0 Å². The third-order valence-corrected chi connectivity index (χ3v) is 4.90. The molecule has 0 bridgehead atoms. The van der Waals surface area contributed by atoms with E-state index in [2.05, 4.69) is 15.5 Å².